The molecule has 1 unspecified atom stereocenters. The molecule has 0 N–H and O–H groups in total. The van der Waals surface area contributed by atoms with Crippen LogP contribution in [0, 0.1) is 16.2 Å². The smallest absolute Gasteiger partial charge is 0.203 e. The molecule has 0 aliphatic heterocycles. The van der Waals surface area contributed by atoms with E-state index in [9.17, 15) is 4.91 Å². The van der Waals surface area contributed by atoms with Crippen molar-refractivity contribution in [2.75, 3.05) is 0 Å². The highest BCUT2D eigenvalue weighted by Gasteiger charge is 2.14. The molecule has 0 aromatic heterocycles. The fourth-order valence-corrected chi connectivity index (χ4v) is 2.06. The molecular weight excluding hydrogens is 264 g/mol. The molecule has 2 rings (SSSR count). The minimum Gasteiger partial charge on any atom is -0.489 e. The Morgan fingerprint density at radius 1 is 1.19 bits per heavy atom. The summed E-state index contributed by atoms with van der Waals surface area (Å²) in [6.07, 6.45) is 0.984. The minimum absolute atomic E-state index is 0.301. The van der Waals surface area contributed by atoms with Gasteiger partial charge in [0.15, 0.2) is 0 Å². The van der Waals surface area contributed by atoms with Crippen LogP contribution < -0.4 is 4.74 Å². The van der Waals surface area contributed by atoms with Crippen LogP contribution in [0.3, 0.4) is 0 Å². The van der Waals surface area contributed by atoms with Gasteiger partial charge < -0.3 is 4.74 Å². The van der Waals surface area contributed by atoms with E-state index >= 15 is 0 Å². The van der Waals surface area contributed by atoms with E-state index in [1.54, 1.807) is 12.1 Å². The molecule has 0 fully saturated rings. The molecule has 0 spiro atoms. The highest BCUT2D eigenvalue weighted by molar-refractivity contribution is 5.34. The number of rotatable bonds is 6. The lowest BCUT2D eigenvalue weighted by atomic mass is 10.0. The summed E-state index contributed by atoms with van der Waals surface area (Å²) in [5, 5.41) is 11.8. The zero-order valence-electron chi connectivity index (χ0n) is 11.8. The molecule has 0 aliphatic carbocycles. The number of aryl methyl sites for hydroxylation is 1. The van der Waals surface area contributed by atoms with Gasteiger partial charge in [-0.3, -0.25) is 0 Å². The third kappa shape index (κ3) is 3.67. The Morgan fingerprint density at radius 3 is 2.52 bits per heavy atom. The Hall–Kier alpha value is -2.67. The average molecular weight is 280 g/mol. The highest BCUT2D eigenvalue weighted by Crippen LogP contribution is 2.22. The lowest BCUT2D eigenvalue weighted by Gasteiger charge is -2.11. The fraction of sp³-hybridized carbons (Fsp3) is 0.235. The van der Waals surface area contributed by atoms with Gasteiger partial charge in [-0.2, -0.15) is 5.26 Å². The fourth-order valence-electron chi connectivity index (χ4n) is 2.06. The van der Waals surface area contributed by atoms with Gasteiger partial charge in [-0.05, 0) is 34.9 Å². The average Bonchev–Trinajstić information content (AvgIpc) is 2.55. The third-order valence-corrected chi connectivity index (χ3v) is 3.30. The van der Waals surface area contributed by atoms with E-state index in [-0.39, 0.29) is 0 Å². The van der Waals surface area contributed by atoms with Gasteiger partial charge in [0.05, 0.1) is 6.07 Å². The Labute approximate surface area is 124 Å². The first-order chi connectivity index (χ1) is 10.3. The Balaban J connectivity index is 2.12. The summed E-state index contributed by atoms with van der Waals surface area (Å²) < 4.78 is 5.72. The molecule has 0 heterocycles. The predicted octanol–water partition coefficient (Wildman–Crippen LogP) is 4.16. The van der Waals surface area contributed by atoms with Crippen LogP contribution in [0.25, 0.3) is 0 Å². The standard InChI is InChI=1S/C17H16N2O2/c1-2-13-7-9-15(10-8-13)21-12-14-5-3-4-6-16(14)17(11-18)19-20/h3-10,17H,2,12H2,1H3. The first kappa shape index (κ1) is 14.7. The number of nitriles is 1. The van der Waals surface area contributed by atoms with E-state index in [1.165, 1.54) is 5.56 Å². The molecule has 0 saturated heterocycles. The molecule has 21 heavy (non-hydrogen) atoms. The number of nitrogens with zero attached hydrogens (tertiary/aromatic N) is 2. The zero-order chi connectivity index (χ0) is 15.1. The minimum atomic E-state index is -0.993. The van der Waals surface area contributed by atoms with E-state index in [4.69, 9.17) is 10.00 Å². The Bertz CT molecular complexity index is 645. The highest BCUT2D eigenvalue weighted by atomic mass is 16.5. The number of benzene rings is 2. The van der Waals surface area contributed by atoms with Crippen LogP contribution in [0.4, 0.5) is 0 Å². The van der Waals surface area contributed by atoms with Gasteiger partial charge in [0.1, 0.15) is 12.4 Å². The lowest BCUT2D eigenvalue weighted by Crippen LogP contribution is -2.02. The van der Waals surface area contributed by atoms with Crippen molar-refractivity contribution in [3.63, 3.8) is 0 Å². The maximum atomic E-state index is 10.7. The van der Waals surface area contributed by atoms with Gasteiger partial charge in [0.2, 0.25) is 6.04 Å². The van der Waals surface area contributed by atoms with Crippen LogP contribution in [0.1, 0.15) is 29.7 Å². The second kappa shape index (κ2) is 7.20. The van der Waals surface area contributed by atoms with Gasteiger partial charge in [0, 0.05) is 5.56 Å². The van der Waals surface area contributed by atoms with Crippen molar-refractivity contribution in [2.24, 2.45) is 5.18 Å². The molecule has 2 aromatic carbocycles. The van der Waals surface area contributed by atoms with Gasteiger partial charge in [-0.1, -0.05) is 43.3 Å². The van der Waals surface area contributed by atoms with Crippen LogP contribution >= 0.6 is 0 Å². The SMILES string of the molecule is CCc1ccc(OCc2ccccc2C(C#N)N=O)cc1. The number of hydrogen-bond donors (Lipinski definition) is 0. The van der Waals surface area contributed by atoms with Crippen molar-refractivity contribution in [3.8, 4) is 11.8 Å². The van der Waals surface area contributed by atoms with E-state index in [2.05, 4.69) is 12.1 Å². The molecule has 4 heteroatoms. The Morgan fingerprint density at radius 2 is 1.90 bits per heavy atom. The van der Waals surface area contributed by atoms with E-state index in [0.717, 1.165) is 17.7 Å². The Kier molecular flexibility index (Phi) is 5.05. The van der Waals surface area contributed by atoms with E-state index < -0.39 is 6.04 Å². The molecule has 106 valence electrons. The molecule has 0 saturated carbocycles. The summed E-state index contributed by atoms with van der Waals surface area (Å²) in [4.78, 5) is 10.7. The van der Waals surface area contributed by atoms with Crippen LogP contribution in [0.2, 0.25) is 0 Å². The van der Waals surface area contributed by atoms with Gasteiger partial charge >= 0.3 is 0 Å². The van der Waals surface area contributed by atoms with Crippen molar-refractivity contribution in [1.29, 1.82) is 5.26 Å². The first-order valence-corrected chi connectivity index (χ1v) is 6.80. The first-order valence-electron chi connectivity index (χ1n) is 6.80. The predicted molar refractivity (Wildman–Crippen MR) is 80.7 cm³/mol. The van der Waals surface area contributed by atoms with Gasteiger partial charge in [-0.25, -0.2) is 0 Å². The lowest BCUT2D eigenvalue weighted by molar-refractivity contribution is 0.304. The van der Waals surface area contributed by atoms with Crippen molar-refractivity contribution in [1.82, 2.24) is 0 Å². The zero-order valence-corrected chi connectivity index (χ0v) is 11.8. The maximum Gasteiger partial charge on any atom is 0.203 e. The van der Waals surface area contributed by atoms with Gasteiger partial charge in [-0.15, -0.1) is 4.91 Å². The quantitative estimate of drug-likeness (QED) is 0.746. The van der Waals surface area contributed by atoms with Crippen LogP contribution in [-0.4, -0.2) is 0 Å². The molecule has 1 atom stereocenters. The number of hydrogen-bond acceptors (Lipinski definition) is 4. The second-order valence-electron chi connectivity index (χ2n) is 4.62. The largest absolute Gasteiger partial charge is 0.489 e. The summed E-state index contributed by atoms with van der Waals surface area (Å²) >= 11 is 0. The number of nitroso groups, excluding NO2 is 1. The summed E-state index contributed by atoms with van der Waals surface area (Å²) in [6, 6.07) is 16.0. The van der Waals surface area contributed by atoms with Gasteiger partial charge in [0.25, 0.3) is 0 Å². The summed E-state index contributed by atoms with van der Waals surface area (Å²) in [6.45, 7) is 2.40. The molecular formula is C17H16N2O2. The maximum absolute atomic E-state index is 10.7. The number of ether oxygens (including phenoxy) is 1. The van der Waals surface area contributed by atoms with E-state index in [1.807, 2.05) is 42.5 Å². The summed E-state index contributed by atoms with van der Waals surface area (Å²) in [5.74, 6) is 0.759. The van der Waals surface area contributed by atoms with Crippen molar-refractivity contribution >= 4 is 0 Å². The van der Waals surface area contributed by atoms with E-state index in [0.29, 0.717) is 12.2 Å². The normalized spacial score (nSPS) is 11.4. The topological polar surface area (TPSA) is 62.4 Å². The van der Waals surface area contributed by atoms with Crippen molar-refractivity contribution in [2.45, 2.75) is 26.0 Å². The molecule has 0 aliphatic rings. The van der Waals surface area contributed by atoms with Crippen molar-refractivity contribution in [3.05, 3.63) is 70.1 Å². The summed E-state index contributed by atoms with van der Waals surface area (Å²) in [5.41, 5.74) is 2.64. The summed E-state index contributed by atoms with van der Waals surface area (Å²) in [7, 11) is 0. The van der Waals surface area contributed by atoms with Crippen LogP contribution in [0.5, 0.6) is 5.75 Å². The monoisotopic (exact) mass is 280 g/mol. The molecule has 0 amide bonds. The van der Waals surface area contributed by atoms with Crippen molar-refractivity contribution < 1.29 is 4.74 Å². The molecule has 0 radical (unpaired) electrons. The van der Waals surface area contributed by atoms with Crippen LogP contribution in [-0.2, 0) is 13.0 Å². The molecule has 0 bridgehead atoms. The second-order valence-corrected chi connectivity index (χ2v) is 4.62. The van der Waals surface area contributed by atoms with Crippen LogP contribution in [0.15, 0.2) is 53.7 Å². The third-order valence-electron chi connectivity index (χ3n) is 3.30. The molecule has 4 nitrogen and oxygen atoms in total. The molecule has 2 aromatic rings.